The largest absolute Gasteiger partial charge is 0.421 e. The van der Waals surface area contributed by atoms with Gasteiger partial charge in [0.05, 0.1) is 5.02 Å². The second-order valence-electron chi connectivity index (χ2n) is 3.21. The van der Waals surface area contributed by atoms with Crippen LogP contribution in [0.1, 0.15) is 5.89 Å². The number of aromatic nitrogens is 2. The molecule has 0 unspecified atom stereocenters. The molecule has 2 aromatic rings. The van der Waals surface area contributed by atoms with Crippen molar-refractivity contribution in [2.75, 3.05) is 0 Å². The lowest BCUT2D eigenvalue weighted by Crippen LogP contribution is -1.92. The minimum absolute atomic E-state index is 0.0417. The molecular weight excluding hydrogens is 287 g/mol. The number of hydrogen-bond donors (Lipinski definition) is 0. The van der Waals surface area contributed by atoms with Crippen molar-refractivity contribution in [3.63, 3.8) is 0 Å². The molecule has 0 spiro atoms. The fourth-order valence-corrected chi connectivity index (χ4v) is 2.73. The van der Waals surface area contributed by atoms with Gasteiger partial charge < -0.3 is 4.42 Å². The molecule has 90 valence electrons. The highest BCUT2D eigenvalue weighted by molar-refractivity contribution is 8.13. The van der Waals surface area contributed by atoms with Gasteiger partial charge in [-0.25, -0.2) is 8.42 Å². The van der Waals surface area contributed by atoms with Crippen LogP contribution in [-0.4, -0.2) is 18.6 Å². The van der Waals surface area contributed by atoms with E-state index in [2.05, 4.69) is 10.2 Å². The van der Waals surface area contributed by atoms with Crippen molar-refractivity contribution in [1.82, 2.24) is 10.2 Å². The van der Waals surface area contributed by atoms with Crippen LogP contribution in [0.3, 0.4) is 0 Å². The van der Waals surface area contributed by atoms with Crippen LogP contribution in [0.25, 0.3) is 11.5 Å². The zero-order chi connectivity index (χ0) is 12.6. The first-order chi connectivity index (χ1) is 7.88. The highest BCUT2D eigenvalue weighted by atomic mass is 35.7. The fraction of sp³-hybridized carbons (Fsp3) is 0.111. The molecule has 1 aromatic carbocycles. The van der Waals surface area contributed by atoms with Gasteiger partial charge in [0.15, 0.2) is 0 Å². The molecule has 8 heteroatoms. The lowest BCUT2D eigenvalue weighted by Gasteiger charge is -2.01. The van der Waals surface area contributed by atoms with Crippen molar-refractivity contribution in [2.45, 2.75) is 11.8 Å². The molecule has 0 fully saturated rings. The summed E-state index contributed by atoms with van der Waals surface area (Å²) in [7, 11) is 1.34. The van der Waals surface area contributed by atoms with Gasteiger partial charge in [-0.15, -0.1) is 10.2 Å². The van der Waals surface area contributed by atoms with Gasteiger partial charge in [-0.1, -0.05) is 11.6 Å². The predicted octanol–water partition coefficient (Wildman–Crippen LogP) is 2.63. The Bertz CT molecular complexity index is 667. The number of halogens is 2. The lowest BCUT2D eigenvalue weighted by atomic mass is 10.2. The third kappa shape index (κ3) is 2.59. The maximum absolute atomic E-state index is 11.3. The van der Waals surface area contributed by atoms with Crippen molar-refractivity contribution in [2.24, 2.45) is 0 Å². The van der Waals surface area contributed by atoms with Gasteiger partial charge in [0.25, 0.3) is 9.05 Å². The zero-order valence-corrected chi connectivity index (χ0v) is 10.8. The van der Waals surface area contributed by atoms with Crippen LogP contribution >= 0.6 is 22.3 Å². The van der Waals surface area contributed by atoms with E-state index in [1.807, 2.05) is 0 Å². The number of hydrogen-bond acceptors (Lipinski definition) is 5. The van der Waals surface area contributed by atoms with E-state index in [4.69, 9.17) is 26.7 Å². The van der Waals surface area contributed by atoms with Crippen LogP contribution < -0.4 is 0 Å². The Morgan fingerprint density at radius 2 is 2.00 bits per heavy atom. The van der Waals surface area contributed by atoms with Gasteiger partial charge in [0.1, 0.15) is 4.90 Å². The molecule has 0 amide bonds. The Balaban J connectivity index is 2.59. The van der Waals surface area contributed by atoms with E-state index in [0.29, 0.717) is 11.5 Å². The average molecular weight is 293 g/mol. The Morgan fingerprint density at radius 1 is 1.29 bits per heavy atom. The smallest absolute Gasteiger partial charge is 0.262 e. The van der Waals surface area contributed by atoms with Crippen LogP contribution in [0.5, 0.6) is 0 Å². The number of aryl methyl sites for hydroxylation is 1. The number of benzene rings is 1. The standard InChI is InChI=1S/C9H6Cl2N2O3S/c1-5-12-13-9(16-5)6-2-3-7(10)8(4-6)17(11,14)15/h2-4H,1H3. The third-order valence-corrected chi connectivity index (χ3v) is 3.77. The molecule has 0 atom stereocenters. The molecule has 0 aliphatic rings. The molecule has 2 rings (SSSR count). The summed E-state index contributed by atoms with van der Waals surface area (Å²) in [4.78, 5) is -0.186. The molecule has 17 heavy (non-hydrogen) atoms. The molecule has 0 saturated heterocycles. The van der Waals surface area contributed by atoms with Crippen LogP contribution in [0.15, 0.2) is 27.5 Å². The third-order valence-electron chi connectivity index (χ3n) is 1.97. The molecule has 0 bridgehead atoms. The summed E-state index contributed by atoms with van der Waals surface area (Å²) in [5.41, 5.74) is 0.439. The summed E-state index contributed by atoms with van der Waals surface area (Å²) in [6, 6.07) is 4.27. The Labute approximate surface area is 107 Å². The molecular formula is C9H6Cl2N2O3S. The van der Waals surface area contributed by atoms with E-state index in [9.17, 15) is 8.42 Å². The van der Waals surface area contributed by atoms with E-state index in [-0.39, 0.29) is 15.8 Å². The van der Waals surface area contributed by atoms with E-state index >= 15 is 0 Å². The highest BCUT2D eigenvalue weighted by Gasteiger charge is 2.17. The van der Waals surface area contributed by atoms with Crippen LogP contribution in [-0.2, 0) is 9.05 Å². The normalized spacial score (nSPS) is 11.7. The first-order valence-corrected chi connectivity index (χ1v) is 7.11. The summed E-state index contributed by atoms with van der Waals surface area (Å²) < 4.78 is 27.7. The van der Waals surface area contributed by atoms with Crippen LogP contribution in [0.2, 0.25) is 5.02 Å². The summed E-state index contributed by atoms with van der Waals surface area (Å²) in [6.07, 6.45) is 0. The second-order valence-corrected chi connectivity index (χ2v) is 6.15. The number of nitrogens with zero attached hydrogens (tertiary/aromatic N) is 2. The highest BCUT2D eigenvalue weighted by Crippen LogP contribution is 2.29. The van der Waals surface area contributed by atoms with E-state index < -0.39 is 9.05 Å². The summed E-state index contributed by atoms with van der Waals surface area (Å²) >= 11 is 5.74. The molecule has 0 aliphatic carbocycles. The van der Waals surface area contributed by atoms with E-state index in [0.717, 1.165) is 0 Å². The van der Waals surface area contributed by atoms with Gasteiger partial charge in [0.2, 0.25) is 11.8 Å². The van der Waals surface area contributed by atoms with Crippen LogP contribution in [0, 0.1) is 6.92 Å². The SMILES string of the molecule is Cc1nnc(-c2ccc(Cl)c(S(=O)(=O)Cl)c2)o1. The van der Waals surface area contributed by atoms with Gasteiger partial charge in [-0.05, 0) is 18.2 Å². The first-order valence-electron chi connectivity index (χ1n) is 4.42. The topological polar surface area (TPSA) is 73.1 Å². The molecule has 1 heterocycles. The van der Waals surface area contributed by atoms with Crippen molar-refractivity contribution < 1.29 is 12.8 Å². The number of rotatable bonds is 2. The molecule has 0 N–H and O–H groups in total. The van der Waals surface area contributed by atoms with Gasteiger partial charge in [-0.2, -0.15) is 0 Å². The summed E-state index contributed by atoms with van der Waals surface area (Å²) in [5.74, 6) is 0.589. The maximum Gasteiger partial charge on any atom is 0.262 e. The lowest BCUT2D eigenvalue weighted by molar-refractivity contribution is 0.532. The quantitative estimate of drug-likeness (QED) is 0.796. The minimum Gasteiger partial charge on any atom is -0.421 e. The molecule has 1 aromatic heterocycles. The Morgan fingerprint density at radius 3 is 2.53 bits per heavy atom. The zero-order valence-electron chi connectivity index (χ0n) is 8.52. The fourth-order valence-electron chi connectivity index (χ4n) is 1.24. The molecule has 5 nitrogen and oxygen atoms in total. The minimum atomic E-state index is -3.91. The van der Waals surface area contributed by atoms with Crippen molar-refractivity contribution >= 4 is 31.3 Å². The first kappa shape index (κ1) is 12.3. The van der Waals surface area contributed by atoms with Gasteiger partial charge >= 0.3 is 0 Å². The average Bonchev–Trinajstić information content (AvgIpc) is 2.64. The van der Waals surface area contributed by atoms with Crippen LogP contribution in [0.4, 0.5) is 0 Å². The van der Waals surface area contributed by atoms with Crippen molar-refractivity contribution in [3.05, 3.63) is 29.1 Å². The van der Waals surface area contributed by atoms with E-state index in [1.165, 1.54) is 12.1 Å². The van der Waals surface area contributed by atoms with Crippen molar-refractivity contribution in [3.8, 4) is 11.5 Å². The van der Waals surface area contributed by atoms with Gasteiger partial charge in [0, 0.05) is 23.2 Å². The van der Waals surface area contributed by atoms with Crippen molar-refractivity contribution in [1.29, 1.82) is 0 Å². The molecule has 0 saturated carbocycles. The second kappa shape index (κ2) is 4.29. The molecule has 0 radical (unpaired) electrons. The molecule has 0 aliphatic heterocycles. The Kier molecular flexibility index (Phi) is 3.11. The maximum atomic E-state index is 11.3. The van der Waals surface area contributed by atoms with E-state index in [1.54, 1.807) is 13.0 Å². The summed E-state index contributed by atoms with van der Waals surface area (Å²) in [5, 5.41) is 7.46. The monoisotopic (exact) mass is 292 g/mol. The predicted molar refractivity (Wildman–Crippen MR) is 62.5 cm³/mol. The summed E-state index contributed by atoms with van der Waals surface area (Å²) in [6.45, 7) is 1.63. The van der Waals surface area contributed by atoms with Gasteiger partial charge in [-0.3, -0.25) is 0 Å². The Hall–Kier alpha value is -1.11.